The maximum Gasteiger partial charge on any atom is 0.220 e. The van der Waals surface area contributed by atoms with Crippen molar-refractivity contribution in [1.82, 2.24) is 5.32 Å². The summed E-state index contributed by atoms with van der Waals surface area (Å²) in [4.78, 5) is 23.7. The summed E-state index contributed by atoms with van der Waals surface area (Å²) < 4.78 is 0. The van der Waals surface area contributed by atoms with Crippen LogP contribution in [0.3, 0.4) is 0 Å². The number of amides is 1. The Labute approximate surface area is 128 Å². The lowest BCUT2D eigenvalue weighted by Gasteiger charge is -2.06. The fraction of sp³-hybridized carbons (Fsp3) is 0.556. The molecule has 1 aromatic carbocycles. The number of rotatable bonds is 9. The number of ketones is 1. The summed E-state index contributed by atoms with van der Waals surface area (Å²) in [6.07, 6.45) is 5.13. The summed E-state index contributed by atoms with van der Waals surface area (Å²) in [5, 5.41) is 2.88. The molecule has 0 saturated carbocycles. The zero-order valence-corrected chi connectivity index (χ0v) is 13.5. The number of hydrogen-bond donors (Lipinski definition) is 1. The lowest BCUT2D eigenvalue weighted by Crippen LogP contribution is -2.24. The summed E-state index contributed by atoms with van der Waals surface area (Å²) in [7, 11) is 0. The summed E-state index contributed by atoms with van der Waals surface area (Å²) in [5.74, 6) is 0.0166. The Balaban J connectivity index is 2.29. The molecule has 0 saturated heterocycles. The van der Waals surface area contributed by atoms with Gasteiger partial charge < -0.3 is 5.32 Å². The molecule has 0 aliphatic rings. The van der Waals surface area contributed by atoms with Gasteiger partial charge in [-0.05, 0) is 37.5 Å². The maximum atomic E-state index is 12.0. The molecule has 0 atom stereocenters. The lowest BCUT2D eigenvalue weighted by molar-refractivity contribution is -0.121. The van der Waals surface area contributed by atoms with E-state index < -0.39 is 0 Å². The van der Waals surface area contributed by atoms with Gasteiger partial charge in [0.2, 0.25) is 5.91 Å². The number of carbonyl (C=O) groups excluding carboxylic acids is 2. The van der Waals surface area contributed by atoms with Gasteiger partial charge in [0.25, 0.3) is 0 Å². The Morgan fingerprint density at radius 1 is 1.00 bits per heavy atom. The van der Waals surface area contributed by atoms with Gasteiger partial charge in [-0.2, -0.15) is 0 Å². The molecule has 1 N–H and O–H groups in total. The molecule has 1 amide bonds. The minimum atomic E-state index is -0.0244. The molecule has 1 aromatic rings. The summed E-state index contributed by atoms with van der Waals surface area (Å²) in [5.41, 5.74) is 2.99. The van der Waals surface area contributed by atoms with Gasteiger partial charge in [0.05, 0.1) is 0 Å². The van der Waals surface area contributed by atoms with Crippen molar-refractivity contribution in [2.24, 2.45) is 0 Å². The van der Waals surface area contributed by atoms with E-state index in [9.17, 15) is 9.59 Å². The molecule has 0 bridgehead atoms. The standard InChI is InChI=1S/C18H27NO2/c1-4-5-6-7-12-19-18(21)11-10-17(20)16-9-8-14(2)15(3)13-16/h8-9,13H,4-7,10-12H2,1-3H3,(H,19,21). The zero-order chi connectivity index (χ0) is 15.7. The van der Waals surface area contributed by atoms with Crippen molar-refractivity contribution in [3.63, 3.8) is 0 Å². The van der Waals surface area contributed by atoms with E-state index in [0.717, 1.165) is 24.9 Å². The first-order valence-electron chi connectivity index (χ1n) is 7.91. The molecule has 0 spiro atoms. The van der Waals surface area contributed by atoms with E-state index in [1.807, 2.05) is 32.0 Å². The normalized spacial score (nSPS) is 10.4. The van der Waals surface area contributed by atoms with Crippen LogP contribution in [-0.4, -0.2) is 18.2 Å². The summed E-state index contributed by atoms with van der Waals surface area (Å²) >= 11 is 0. The number of nitrogens with one attached hydrogen (secondary N) is 1. The molecular formula is C18H27NO2. The molecule has 0 aromatic heterocycles. The quantitative estimate of drug-likeness (QED) is 0.552. The second-order valence-electron chi connectivity index (χ2n) is 5.63. The molecule has 0 heterocycles. The van der Waals surface area contributed by atoms with Gasteiger partial charge in [-0.15, -0.1) is 0 Å². The summed E-state index contributed by atoms with van der Waals surface area (Å²) in [6.45, 7) is 6.90. The van der Waals surface area contributed by atoms with Crippen molar-refractivity contribution in [2.45, 2.75) is 59.3 Å². The molecular weight excluding hydrogens is 262 g/mol. The van der Waals surface area contributed by atoms with Gasteiger partial charge >= 0.3 is 0 Å². The Kier molecular flexibility index (Phi) is 7.73. The smallest absolute Gasteiger partial charge is 0.220 e. The van der Waals surface area contributed by atoms with Crippen molar-refractivity contribution < 1.29 is 9.59 Å². The molecule has 116 valence electrons. The molecule has 0 fully saturated rings. The number of carbonyl (C=O) groups is 2. The highest BCUT2D eigenvalue weighted by Gasteiger charge is 2.09. The minimum absolute atomic E-state index is 0.0244. The van der Waals surface area contributed by atoms with Crippen LogP contribution in [0.1, 0.15) is 66.9 Å². The van der Waals surface area contributed by atoms with Crippen LogP contribution >= 0.6 is 0 Å². The van der Waals surface area contributed by atoms with Crippen molar-refractivity contribution in [3.05, 3.63) is 34.9 Å². The van der Waals surface area contributed by atoms with Crippen LogP contribution in [0.25, 0.3) is 0 Å². The minimum Gasteiger partial charge on any atom is -0.356 e. The van der Waals surface area contributed by atoms with Crippen LogP contribution in [0.15, 0.2) is 18.2 Å². The van der Waals surface area contributed by atoms with E-state index >= 15 is 0 Å². The third-order valence-electron chi connectivity index (χ3n) is 3.76. The number of Topliss-reactive ketones (excluding diaryl/α,β-unsaturated/α-hetero) is 1. The Bertz CT molecular complexity index is 480. The highest BCUT2D eigenvalue weighted by atomic mass is 16.2. The molecule has 3 nitrogen and oxygen atoms in total. The Morgan fingerprint density at radius 2 is 1.76 bits per heavy atom. The van der Waals surface area contributed by atoms with Gasteiger partial charge in [-0.3, -0.25) is 9.59 Å². The van der Waals surface area contributed by atoms with Crippen LogP contribution in [0.4, 0.5) is 0 Å². The van der Waals surface area contributed by atoms with E-state index in [-0.39, 0.29) is 24.5 Å². The van der Waals surface area contributed by atoms with Crippen LogP contribution in [0.2, 0.25) is 0 Å². The van der Waals surface area contributed by atoms with Gasteiger partial charge in [-0.1, -0.05) is 38.3 Å². The predicted molar refractivity (Wildman–Crippen MR) is 86.6 cm³/mol. The molecule has 0 aliphatic carbocycles. The van der Waals surface area contributed by atoms with Gasteiger partial charge in [-0.25, -0.2) is 0 Å². The fourth-order valence-electron chi connectivity index (χ4n) is 2.15. The van der Waals surface area contributed by atoms with Gasteiger partial charge in [0, 0.05) is 24.9 Å². The molecule has 1 rings (SSSR count). The monoisotopic (exact) mass is 289 g/mol. The van der Waals surface area contributed by atoms with Crippen molar-refractivity contribution >= 4 is 11.7 Å². The number of benzene rings is 1. The fourth-order valence-corrected chi connectivity index (χ4v) is 2.15. The first-order chi connectivity index (χ1) is 10.0. The third-order valence-corrected chi connectivity index (χ3v) is 3.76. The average molecular weight is 289 g/mol. The van der Waals surface area contributed by atoms with E-state index in [4.69, 9.17) is 0 Å². The Hall–Kier alpha value is -1.64. The van der Waals surface area contributed by atoms with Crippen molar-refractivity contribution in [2.75, 3.05) is 6.54 Å². The third kappa shape index (κ3) is 6.56. The topological polar surface area (TPSA) is 46.2 Å². The second-order valence-corrected chi connectivity index (χ2v) is 5.63. The second kappa shape index (κ2) is 9.32. The number of aryl methyl sites for hydroxylation is 2. The first kappa shape index (κ1) is 17.4. The largest absolute Gasteiger partial charge is 0.356 e. The van der Waals surface area contributed by atoms with Crippen LogP contribution in [0, 0.1) is 13.8 Å². The van der Waals surface area contributed by atoms with Crippen LogP contribution in [0.5, 0.6) is 0 Å². The molecule has 0 radical (unpaired) electrons. The van der Waals surface area contributed by atoms with Gasteiger partial charge in [0.15, 0.2) is 5.78 Å². The first-order valence-corrected chi connectivity index (χ1v) is 7.91. The van der Waals surface area contributed by atoms with Crippen LogP contribution < -0.4 is 5.32 Å². The van der Waals surface area contributed by atoms with E-state index in [1.54, 1.807) is 0 Å². The number of hydrogen-bond acceptors (Lipinski definition) is 2. The van der Waals surface area contributed by atoms with Crippen molar-refractivity contribution in [3.8, 4) is 0 Å². The highest BCUT2D eigenvalue weighted by Crippen LogP contribution is 2.12. The zero-order valence-electron chi connectivity index (χ0n) is 13.5. The maximum absolute atomic E-state index is 12.0. The van der Waals surface area contributed by atoms with E-state index in [2.05, 4.69) is 12.2 Å². The lowest BCUT2D eigenvalue weighted by atomic mass is 10.0. The predicted octanol–water partition coefficient (Wildman–Crippen LogP) is 3.96. The summed E-state index contributed by atoms with van der Waals surface area (Å²) in [6, 6.07) is 5.70. The molecule has 21 heavy (non-hydrogen) atoms. The molecule has 3 heteroatoms. The molecule has 0 aliphatic heterocycles. The number of unbranched alkanes of at least 4 members (excludes halogenated alkanes) is 3. The van der Waals surface area contributed by atoms with Crippen LogP contribution in [-0.2, 0) is 4.79 Å². The van der Waals surface area contributed by atoms with E-state index in [1.165, 1.54) is 18.4 Å². The van der Waals surface area contributed by atoms with E-state index in [0.29, 0.717) is 5.56 Å². The SMILES string of the molecule is CCCCCCNC(=O)CCC(=O)c1ccc(C)c(C)c1. The van der Waals surface area contributed by atoms with Crippen molar-refractivity contribution in [1.29, 1.82) is 0 Å². The highest BCUT2D eigenvalue weighted by molar-refractivity contribution is 5.98. The average Bonchev–Trinajstić information content (AvgIpc) is 2.47. The Morgan fingerprint density at radius 3 is 2.43 bits per heavy atom. The molecule has 0 unspecified atom stereocenters. The van der Waals surface area contributed by atoms with Gasteiger partial charge in [0.1, 0.15) is 0 Å².